The second kappa shape index (κ2) is 7.53. The number of hydrogen-bond donors (Lipinski definition) is 1. The van der Waals surface area contributed by atoms with Gasteiger partial charge in [0.25, 0.3) is 0 Å². The van der Waals surface area contributed by atoms with Gasteiger partial charge in [-0.25, -0.2) is 0 Å². The Balaban J connectivity index is 2.08. The van der Waals surface area contributed by atoms with Crippen LogP contribution in [0.5, 0.6) is 0 Å². The first-order chi connectivity index (χ1) is 11.8. The van der Waals surface area contributed by atoms with Crippen molar-refractivity contribution in [3.8, 4) is 17.9 Å². The standard InChI is InChI=1S/C22H20N2/c1-2-3-4-8-11-19(18-9-6-5-7-10-18)21-16-24-22-13-12-17(15-23)14-20(21)22/h5-7,9-10,12-14,16,19,24H,2-4H2,1H3. The number of nitriles is 1. The molecule has 1 atom stereocenters. The lowest BCUT2D eigenvalue weighted by molar-refractivity contribution is 0.827. The molecule has 1 N–H and O–H groups in total. The smallest absolute Gasteiger partial charge is 0.0991 e. The number of aromatic amines is 1. The fraction of sp³-hybridized carbons (Fsp3) is 0.227. The Morgan fingerprint density at radius 3 is 2.71 bits per heavy atom. The van der Waals surface area contributed by atoms with Crippen LogP contribution in [0.25, 0.3) is 10.9 Å². The summed E-state index contributed by atoms with van der Waals surface area (Å²) in [5.41, 5.74) is 4.04. The summed E-state index contributed by atoms with van der Waals surface area (Å²) >= 11 is 0. The molecular weight excluding hydrogens is 292 g/mol. The molecule has 2 heteroatoms. The van der Waals surface area contributed by atoms with Gasteiger partial charge in [-0.3, -0.25) is 0 Å². The number of benzene rings is 2. The predicted octanol–water partition coefficient (Wildman–Crippen LogP) is 5.37. The maximum absolute atomic E-state index is 9.19. The van der Waals surface area contributed by atoms with Gasteiger partial charge in [0, 0.05) is 23.5 Å². The molecule has 0 spiro atoms. The fourth-order valence-corrected chi connectivity index (χ4v) is 2.88. The van der Waals surface area contributed by atoms with Crippen molar-refractivity contribution in [3.05, 3.63) is 71.4 Å². The maximum atomic E-state index is 9.19. The third-order valence-corrected chi connectivity index (χ3v) is 4.19. The Kier molecular flexibility index (Phi) is 4.99. The molecule has 24 heavy (non-hydrogen) atoms. The van der Waals surface area contributed by atoms with Crippen molar-refractivity contribution in [2.75, 3.05) is 0 Å². The number of fused-ring (bicyclic) bond motifs is 1. The van der Waals surface area contributed by atoms with Crippen molar-refractivity contribution in [3.63, 3.8) is 0 Å². The third-order valence-electron chi connectivity index (χ3n) is 4.19. The summed E-state index contributed by atoms with van der Waals surface area (Å²) in [6.45, 7) is 2.18. The summed E-state index contributed by atoms with van der Waals surface area (Å²) in [5.74, 6) is 6.81. The number of unbranched alkanes of at least 4 members (excludes halogenated alkanes) is 2. The van der Waals surface area contributed by atoms with Crippen LogP contribution in [0.15, 0.2) is 54.7 Å². The van der Waals surface area contributed by atoms with Crippen LogP contribution in [0.4, 0.5) is 0 Å². The van der Waals surface area contributed by atoms with Crippen molar-refractivity contribution in [2.45, 2.75) is 32.1 Å². The van der Waals surface area contributed by atoms with Crippen LogP contribution in [-0.2, 0) is 0 Å². The second-order valence-electron chi connectivity index (χ2n) is 5.88. The van der Waals surface area contributed by atoms with E-state index in [0.717, 1.165) is 35.7 Å². The highest BCUT2D eigenvalue weighted by molar-refractivity contribution is 5.86. The first-order valence-electron chi connectivity index (χ1n) is 8.38. The van der Waals surface area contributed by atoms with Gasteiger partial charge >= 0.3 is 0 Å². The van der Waals surface area contributed by atoms with Gasteiger partial charge in [0.15, 0.2) is 0 Å². The van der Waals surface area contributed by atoms with Crippen LogP contribution in [0, 0.1) is 23.2 Å². The summed E-state index contributed by atoms with van der Waals surface area (Å²) < 4.78 is 0. The van der Waals surface area contributed by atoms with E-state index in [-0.39, 0.29) is 5.92 Å². The lowest BCUT2D eigenvalue weighted by Gasteiger charge is -2.11. The minimum absolute atomic E-state index is 0.0192. The van der Waals surface area contributed by atoms with Crippen molar-refractivity contribution < 1.29 is 0 Å². The molecule has 1 unspecified atom stereocenters. The van der Waals surface area contributed by atoms with Crippen LogP contribution in [-0.4, -0.2) is 4.98 Å². The summed E-state index contributed by atoms with van der Waals surface area (Å²) in [5, 5.41) is 10.3. The molecule has 0 radical (unpaired) electrons. The highest BCUT2D eigenvalue weighted by Gasteiger charge is 2.16. The Morgan fingerprint density at radius 1 is 1.12 bits per heavy atom. The topological polar surface area (TPSA) is 39.6 Å². The van der Waals surface area contributed by atoms with Gasteiger partial charge in [0.05, 0.1) is 17.6 Å². The monoisotopic (exact) mass is 312 g/mol. The number of aromatic nitrogens is 1. The van der Waals surface area contributed by atoms with E-state index in [4.69, 9.17) is 0 Å². The van der Waals surface area contributed by atoms with Crippen molar-refractivity contribution in [2.24, 2.45) is 0 Å². The van der Waals surface area contributed by atoms with Gasteiger partial charge in [0.1, 0.15) is 0 Å². The summed E-state index contributed by atoms with van der Waals surface area (Å²) in [4.78, 5) is 3.31. The molecule has 0 bridgehead atoms. The van der Waals surface area contributed by atoms with Gasteiger partial charge < -0.3 is 4.98 Å². The van der Waals surface area contributed by atoms with Crippen molar-refractivity contribution in [1.82, 2.24) is 4.98 Å². The molecule has 2 nitrogen and oxygen atoms in total. The molecule has 0 amide bonds. The molecule has 3 aromatic rings. The van der Waals surface area contributed by atoms with Gasteiger partial charge in [-0.15, -0.1) is 5.92 Å². The van der Waals surface area contributed by atoms with Crippen molar-refractivity contribution >= 4 is 10.9 Å². The SMILES string of the molecule is CCCCC#CC(c1ccccc1)c1c[nH]c2ccc(C#N)cc12. The average molecular weight is 312 g/mol. The van der Waals surface area contributed by atoms with Gasteiger partial charge in [0.2, 0.25) is 0 Å². The largest absolute Gasteiger partial charge is 0.361 e. The molecular formula is C22H20N2. The zero-order valence-electron chi connectivity index (χ0n) is 13.8. The van der Waals surface area contributed by atoms with E-state index in [2.05, 4.69) is 42.0 Å². The van der Waals surface area contributed by atoms with Crippen LogP contribution >= 0.6 is 0 Å². The van der Waals surface area contributed by atoms with Gasteiger partial charge in [-0.1, -0.05) is 49.6 Å². The lowest BCUT2D eigenvalue weighted by atomic mass is 9.91. The van der Waals surface area contributed by atoms with E-state index < -0.39 is 0 Å². The Bertz CT molecular complexity index is 917. The number of nitrogens with one attached hydrogen (secondary N) is 1. The first-order valence-corrected chi connectivity index (χ1v) is 8.38. The molecule has 118 valence electrons. The maximum Gasteiger partial charge on any atom is 0.0991 e. The zero-order chi connectivity index (χ0) is 16.8. The molecule has 1 aromatic heterocycles. The van der Waals surface area contributed by atoms with E-state index in [0.29, 0.717) is 5.56 Å². The molecule has 0 aliphatic rings. The van der Waals surface area contributed by atoms with E-state index in [1.807, 2.05) is 42.6 Å². The molecule has 2 aromatic carbocycles. The quantitative estimate of drug-likeness (QED) is 0.511. The normalized spacial score (nSPS) is 11.5. The van der Waals surface area contributed by atoms with E-state index in [1.165, 1.54) is 5.56 Å². The van der Waals surface area contributed by atoms with Gasteiger partial charge in [-0.2, -0.15) is 5.26 Å². The Hall–Kier alpha value is -2.97. The molecule has 0 saturated heterocycles. The third kappa shape index (κ3) is 3.34. The molecule has 0 fully saturated rings. The van der Waals surface area contributed by atoms with E-state index in [9.17, 15) is 5.26 Å². The Labute approximate surface area is 143 Å². The van der Waals surface area contributed by atoms with Crippen LogP contribution in [0.2, 0.25) is 0 Å². The highest BCUT2D eigenvalue weighted by Crippen LogP contribution is 2.31. The summed E-state index contributed by atoms with van der Waals surface area (Å²) in [7, 11) is 0. The summed E-state index contributed by atoms with van der Waals surface area (Å²) in [6, 6.07) is 18.3. The van der Waals surface area contributed by atoms with E-state index >= 15 is 0 Å². The number of nitrogens with zero attached hydrogens (tertiary/aromatic N) is 1. The first kappa shape index (κ1) is 15.9. The molecule has 3 rings (SSSR count). The van der Waals surface area contributed by atoms with Crippen LogP contribution in [0.1, 0.15) is 48.8 Å². The molecule has 0 aliphatic carbocycles. The predicted molar refractivity (Wildman–Crippen MR) is 98.6 cm³/mol. The summed E-state index contributed by atoms with van der Waals surface area (Å²) in [6.07, 6.45) is 5.23. The second-order valence-corrected chi connectivity index (χ2v) is 5.88. The van der Waals surface area contributed by atoms with E-state index in [1.54, 1.807) is 0 Å². The minimum atomic E-state index is 0.0192. The molecule has 1 heterocycles. The van der Waals surface area contributed by atoms with Crippen LogP contribution < -0.4 is 0 Å². The minimum Gasteiger partial charge on any atom is -0.361 e. The Morgan fingerprint density at radius 2 is 1.96 bits per heavy atom. The molecule has 0 saturated carbocycles. The number of hydrogen-bond acceptors (Lipinski definition) is 1. The number of H-pyrrole nitrogens is 1. The number of rotatable bonds is 4. The lowest BCUT2D eigenvalue weighted by Crippen LogP contribution is -1.97. The van der Waals surface area contributed by atoms with Crippen LogP contribution in [0.3, 0.4) is 0 Å². The fourth-order valence-electron chi connectivity index (χ4n) is 2.88. The molecule has 0 aliphatic heterocycles. The average Bonchev–Trinajstić information content (AvgIpc) is 3.05. The van der Waals surface area contributed by atoms with Crippen molar-refractivity contribution in [1.29, 1.82) is 5.26 Å². The van der Waals surface area contributed by atoms with Gasteiger partial charge in [-0.05, 0) is 35.7 Å². The highest BCUT2D eigenvalue weighted by atomic mass is 14.7. The zero-order valence-corrected chi connectivity index (χ0v) is 13.8.